The zero-order valence-electron chi connectivity index (χ0n) is 10.2. The quantitative estimate of drug-likeness (QED) is 0.891. The van der Waals surface area contributed by atoms with Crippen LogP contribution in [0.25, 0.3) is 10.9 Å². The van der Waals surface area contributed by atoms with Gasteiger partial charge in [0.05, 0.1) is 18.3 Å². The van der Waals surface area contributed by atoms with Gasteiger partial charge >= 0.3 is 0 Å². The van der Waals surface area contributed by atoms with Gasteiger partial charge in [-0.2, -0.15) is 5.10 Å². The molecule has 1 aromatic carbocycles. The number of aromatic nitrogens is 2. The fraction of sp³-hybridized carbons (Fsp3) is 0.462. The van der Waals surface area contributed by atoms with Crippen molar-refractivity contribution < 1.29 is 0 Å². The van der Waals surface area contributed by atoms with E-state index in [-0.39, 0.29) is 12.4 Å². The van der Waals surface area contributed by atoms with E-state index in [1.54, 1.807) is 0 Å². The Morgan fingerprint density at radius 2 is 2.18 bits per heavy atom. The Hall–Kier alpha value is -1.06. The average Bonchev–Trinajstić information content (AvgIpc) is 2.70. The first kappa shape index (κ1) is 14.0. The van der Waals surface area contributed by atoms with E-state index in [0.29, 0.717) is 6.54 Å². The van der Waals surface area contributed by atoms with Crippen molar-refractivity contribution in [2.75, 3.05) is 6.54 Å². The fourth-order valence-corrected chi connectivity index (χ4v) is 1.97. The molecule has 0 aliphatic carbocycles. The van der Waals surface area contributed by atoms with Crippen LogP contribution in [-0.2, 0) is 13.0 Å². The molecule has 1 heterocycles. The molecular weight excluding hydrogens is 234 g/mol. The number of nitrogens with two attached hydrogens (primary N) is 1. The largest absolute Gasteiger partial charge is 0.329 e. The van der Waals surface area contributed by atoms with E-state index in [1.165, 1.54) is 29.3 Å². The summed E-state index contributed by atoms with van der Waals surface area (Å²) in [6.07, 6.45) is 5.59. The predicted octanol–water partition coefficient (Wildman–Crippen LogP) is 2.76. The van der Waals surface area contributed by atoms with Crippen molar-refractivity contribution in [2.24, 2.45) is 5.73 Å². The maximum Gasteiger partial charge on any atom is 0.0683 e. The minimum atomic E-state index is 0. The molecule has 94 valence electrons. The molecule has 0 bridgehead atoms. The molecule has 0 aliphatic heterocycles. The number of rotatable bonds is 5. The van der Waals surface area contributed by atoms with E-state index >= 15 is 0 Å². The molecule has 1 aromatic heterocycles. The molecule has 0 spiro atoms. The van der Waals surface area contributed by atoms with Gasteiger partial charge < -0.3 is 5.73 Å². The monoisotopic (exact) mass is 253 g/mol. The normalized spacial score (nSPS) is 10.5. The summed E-state index contributed by atoms with van der Waals surface area (Å²) in [6, 6.07) is 6.60. The zero-order chi connectivity index (χ0) is 11.4. The second kappa shape index (κ2) is 6.62. The van der Waals surface area contributed by atoms with E-state index < -0.39 is 0 Å². The van der Waals surface area contributed by atoms with E-state index in [0.717, 1.165) is 13.0 Å². The molecule has 0 saturated carbocycles. The SMILES string of the molecule is CCCCc1ccc2c(cnn2CCN)c1.Cl. The number of benzene rings is 1. The molecule has 2 rings (SSSR count). The highest BCUT2D eigenvalue weighted by Gasteiger charge is 2.02. The lowest BCUT2D eigenvalue weighted by molar-refractivity contribution is 0.646. The number of halogens is 1. The lowest BCUT2D eigenvalue weighted by Gasteiger charge is -2.02. The first-order valence-corrected chi connectivity index (χ1v) is 5.99. The van der Waals surface area contributed by atoms with Gasteiger partial charge in [0.25, 0.3) is 0 Å². The van der Waals surface area contributed by atoms with Crippen LogP contribution in [0.4, 0.5) is 0 Å². The van der Waals surface area contributed by atoms with E-state index in [1.807, 2.05) is 10.9 Å². The summed E-state index contributed by atoms with van der Waals surface area (Å²) in [5, 5.41) is 5.57. The summed E-state index contributed by atoms with van der Waals surface area (Å²) in [7, 11) is 0. The van der Waals surface area contributed by atoms with Crippen LogP contribution in [0.15, 0.2) is 24.4 Å². The van der Waals surface area contributed by atoms with Crippen LogP contribution in [-0.4, -0.2) is 16.3 Å². The molecule has 0 amide bonds. The Bertz CT molecular complexity index is 465. The number of hydrogen-bond donors (Lipinski definition) is 1. The van der Waals surface area contributed by atoms with Crippen molar-refractivity contribution in [3.8, 4) is 0 Å². The van der Waals surface area contributed by atoms with Crippen LogP contribution in [0, 0.1) is 0 Å². The van der Waals surface area contributed by atoms with Gasteiger partial charge in [-0.05, 0) is 30.5 Å². The maximum atomic E-state index is 5.55. The summed E-state index contributed by atoms with van der Waals surface area (Å²) < 4.78 is 1.97. The average molecular weight is 254 g/mol. The third kappa shape index (κ3) is 3.20. The fourth-order valence-electron chi connectivity index (χ4n) is 1.97. The molecule has 0 saturated heterocycles. The lowest BCUT2D eigenvalue weighted by atomic mass is 10.1. The van der Waals surface area contributed by atoms with Crippen LogP contribution in [0.1, 0.15) is 25.3 Å². The Morgan fingerprint density at radius 1 is 1.35 bits per heavy atom. The minimum Gasteiger partial charge on any atom is -0.329 e. The van der Waals surface area contributed by atoms with Crippen molar-refractivity contribution in [2.45, 2.75) is 32.7 Å². The summed E-state index contributed by atoms with van der Waals surface area (Å²) in [6.45, 7) is 3.64. The summed E-state index contributed by atoms with van der Waals surface area (Å²) in [5.41, 5.74) is 8.14. The van der Waals surface area contributed by atoms with Crippen LogP contribution >= 0.6 is 12.4 Å². The van der Waals surface area contributed by atoms with Crippen molar-refractivity contribution in [1.29, 1.82) is 0 Å². The number of hydrogen-bond acceptors (Lipinski definition) is 2. The van der Waals surface area contributed by atoms with Gasteiger partial charge in [0.15, 0.2) is 0 Å². The second-order valence-electron chi connectivity index (χ2n) is 4.15. The molecule has 0 atom stereocenters. The number of unbranched alkanes of at least 4 members (excludes halogenated alkanes) is 1. The molecule has 0 unspecified atom stereocenters. The predicted molar refractivity (Wildman–Crippen MR) is 74.6 cm³/mol. The van der Waals surface area contributed by atoms with E-state index in [2.05, 4.69) is 30.2 Å². The highest BCUT2D eigenvalue weighted by Crippen LogP contribution is 2.17. The van der Waals surface area contributed by atoms with Gasteiger partial charge in [-0.3, -0.25) is 4.68 Å². The highest BCUT2D eigenvalue weighted by molar-refractivity contribution is 5.85. The molecular formula is C13H20ClN3. The highest BCUT2D eigenvalue weighted by atomic mass is 35.5. The smallest absolute Gasteiger partial charge is 0.0683 e. The Kier molecular flexibility index (Phi) is 5.45. The van der Waals surface area contributed by atoms with Crippen LogP contribution in [0.5, 0.6) is 0 Å². The summed E-state index contributed by atoms with van der Waals surface area (Å²) in [4.78, 5) is 0. The first-order chi connectivity index (χ1) is 7.85. The number of nitrogens with zero attached hydrogens (tertiary/aromatic N) is 2. The van der Waals surface area contributed by atoms with Crippen LogP contribution < -0.4 is 5.73 Å². The molecule has 0 radical (unpaired) electrons. The molecule has 0 aliphatic rings. The molecule has 17 heavy (non-hydrogen) atoms. The Labute approximate surface area is 108 Å². The van der Waals surface area contributed by atoms with Gasteiger partial charge in [0.2, 0.25) is 0 Å². The van der Waals surface area contributed by atoms with Crippen molar-refractivity contribution in [1.82, 2.24) is 9.78 Å². The number of aryl methyl sites for hydroxylation is 1. The Balaban J connectivity index is 0.00000144. The molecule has 2 aromatic rings. The maximum absolute atomic E-state index is 5.55. The molecule has 4 heteroatoms. The van der Waals surface area contributed by atoms with Gasteiger partial charge in [-0.25, -0.2) is 0 Å². The lowest BCUT2D eigenvalue weighted by Crippen LogP contribution is -2.10. The van der Waals surface area contributed by atoms with E-state index in [4.69, 9.17) is 5.73 Å². The third-order valence-corrected chi connectivity index (χ3v) is 2.87. The number of fused-ring (bicyclic) bond motifs is 1. The van der Waals surface area contributed by atoms with Crippen molar-refractivity contribution >= 4 is 23.3 Å². The topological polar surface area (TPSA) is 43.8 Å². The van der Waals surface area contributed by atoms with Gasteiger partial charge in [-0.15, -0.1) is 12.4 Å². The van der Waals surface area contributed by atoms with Gasteiger partial charge in [0.1, 0.15) is 0 Å². The van der Waals surface area contributed by atoms with Crippen LogP contribution in [0.3, 0.4) is 0 Å². The minimum absolute atomic E-state index is 0. The molecule has 0 fully saturated rings. The molecule has 3 nitrogen and oxygen atoms in total. The van der Waals surface area contributed by atoms with Gasteiger partial charge in [-0.1, -0.05) is 19.4 Å². The van der Waals surface area contributed by atoms with Gasteiger partial charge in [0, 0.05) is 11.9 Å². The van der Waals surface area contributed by atoms with E-state index in [9.17, 15) is 0 Å². The van der Waals surface area contributed by atoms with Crippen molar-refractivity contribution in [3.63, 3.8) is 0 Å². The standard InChI is InChI=1S/C13H19N3.ClH/c1-2-3-4-11-5-6-13-12(9-11)10-15-16(13)8-7-14;/h5-6,9-10H,2-4,7-8,14H2,1H3;1H. The zero-order valence-corrected chi connectivity index (χ0v) is 11.0. The summed E-state index contributed by atoms with van der Waals surface area (Å²) in [5.74, 6) is 0. The Morgan fingerprint density at radius 3 is 2.88 bits per heavy atom. The first-order valence-electron chi connectivity index (χ1n) is 5.99. The molecule has 2 N–H and O–H groups in total. The van der Waals surface area contributed by atoms with Crippen molar-refractivity contribution in [3.05, 3.63) is 30.0 Å². The van der Waals surface area contributed by atoms with Crippen LogP contribution in [0.2, 0.25) is 0 Å². The third-order valence-electron chi connectivity index (χ3n) is 2.87. The summed E-state index contributed by atoms with van der Waals surface area (Å²) >= 11 is 0. The second-order valence-corrected chi connectivity index (χ2v) is 4.15.